The fraction of sp³-hybridized carbons (Fsp3) is 0.833. The summed E-state index contributed by atoms with van der Waals surface area (Å²) in [5.74, 6) is -1.34. The number of hydrogen-bond acceptors (Lipinski definition) is 3. The lowest BCUT2D eigenvalue weighted by Crippen LogP contribution is -2.55. The molecule has 3 N–H and O–H groups in total. The molecule has 3 atom stereocenters. The summed E-state index contributed by atoms with van der Waals surface area (Å²) in [5.41, 5.74) is -1.93. The summed E-state index contributed by atoms with van der Waals surface area (Å²) in [6.07, 6.45) is 3.00. The Bertz CT molecular complexity index is 320. The lowest BCUT2D eigenvalue weighted by Gasteiger charge is -2.39. The predicted octanol–water partition coefficient (Wildman–Crippen LogP) is 0.794. The molecular weight excluding hydrogens is 236 g/mol. The molecule has 0 aromatic heterocycles. The van der Waals surface area contributed by atoms with Gasteiger partial charge in [-0.25, -0.2) is 9.59 Å². The Labute approximate surface area is 107 Å². The number of hydrogen-bond donors (Lipinski definition) is 3. The van der Waals surface area contributed by atoms with Crippen LogP contribution < -0.4 is 5.32 Å². The van der Waals surface area contributed by atoms with Crippen molar-refractivity contribution >= 4 is 12.0 Å². The van der Waals surface area contributed by atoms with E-state index in [2.05, 4.69) is 5.32 Å². The third-order valence-corrected chi connectivity index (χ3v) is 3.47. The summed E-state index contributed by atoms with van der Waals surface area (Å²) >= 11 is 0. The number of piperidine rings is 1. The van der Waals surface area contributed by atoms with Crippen molar-refractivity contribution < 1.29 is 19.8 Å². The molecule has 1 fully saturated rings. The summed E-state index contributed by atoms with van der Waals surface area (Å²) < 4.78 is 0. The van der Waals surface area contributed by atoms with Gasteiger partial charge in [-0.15, -0.1) is 0 Å². The van der Waals surface area contributed by atoms with Gasteiger partial charge in [0.15, 0.2) is 5.60 Å². The summed E-state index contributed by atoms with van der Waals surface area (Å²) in [7, 11) is 0. The number of nitrogens with zero attached hydrogens (tertiary/aromatic N) is 1. The third-order valence-electron chi connectivity index (χ3n) is 3.47. The van der Waals surface area contributed by atoms with E-state index in [1.165, 1.54) is 6.92 Å². The van der Waals surface area contributed by atoms with Crippen LogP contribution in [-0.4, -0.2) is 51.3 Å². The van der Waals surface area contributed by atoms with Crippen LogP contribution in [0.2, 0.25) is 0 Å². The molecule has 104 valence electrons. The number of aliphatic carboxylic acids is 1. The fourth-order valence-electron chi connectivity index (χ4n) is 2.24. The van der Waals surface area contributed by atoms with Crippen LogP contribution >= 0.6 is 0 Å². The number of carbonyl (C=O) groups excluding carboxylic acids is 1. The van der Waals surface area contributed by atoms with Crippen LogP contribution in [0.25, 0.3) is 0 Å². The first-order chi connectivity index (χ1) is 8.25. The monoisotopic (exact) mass is 258 g/mol. The van der Waals surface area contributed by atoms with Gasteiger partial charge in [-0.1, -0.05) is 0 Å². The Morgan fingerprint density at radius 1 is 1.33 bits per heavy atom. The predicted molar refractivity (Wildman–Crippen MR) is 66.3 cm³/mol. The lowest BCUT2D eigenvalue weighted by atomic mass is 9.98. The zero-order valence-electron chi connectivity index (χ0n) is 11.1. The van der Waals surface area contributed by atoms with Crippen molar-refractivity contribution in [3.63, 3.8) is 0 Å². The molecule has 1 saturated heterocycles. The van der Waals surface area contributed by atoms with Crippen molar-refractivity contribution in [3.8, 4) is 0 Å². The largest absolute Gasteiger partial charge is 0.479 e. The van der Waals surface area contributed by atoms with Gasteiger partial charge in [-0.3, -0.25) is 0 Å². The van der Waals surface area contributed by atoms with Gasteiger partial charge in [0.05, 0.1) is 6.54 Å². The molecule has 0 aromatic rings. The van der Waals surface area contributed by atoms with Crippen LogP contribution in [0.3, 0.4) is 0 Å². The Morgan fingerprint density at radius 3 is 2.28 bits per heavy atom. The molecule has 1 aliphatic rings. The molecule has 6 nitrogen and oxygen atoms in total. The van der Waals surface area contributed by atoms with Crippen LogP contribution in [0.5, 0.6) is 0 Å². The maximum absolute atomic E-state index is 12.0. The summed E-state index contributed by atoms with van der Waals surface area (Å²) in [5, 5.41) is 20.8. The van der Waals surface area contributed by atoms with E-state index in [0.29, 0.717) is 0 Å². The molecule has 1 rings (SSSR count). The average molecular weight is 258 g/mol. The molecule has 0 spiro atoms. The van der Waals surface area contributed by atoms with Gasteiger partial charge in [0, 0.05) is 12.1 Å². The maximum Gasteiger partial charge on any atom is 0.337 e. The quantitative estimate of drug-likeness (QED) is 0.698. The zero-order chi connectivity index (χ0) is 13.9. The lowest BCUT2D eigenvalue weighted by molar-refractivity contribution is -0.155. The molecule has 0 radical (unpaired) electrons. The number of rotatable bonds is 3. The van der Waals surface area contributed by atoms with Gasteiger partial charge in [0.1, 0.15) is 0 Å². The number of nitrogens with one attached hydrogen (secondary N) is 1. The molecule has 1 heterocycles. The first kappa shape index (κ1) is 14.8. The van der Waals surface area contributed by atoms with E-state index in [4.69, 9.17) is 5.11 Å². The smallest absolute Gasteiger partial charge is 0.337 e. The van der Waals surface area contributed by atoms with Crippen LogP contribution in [0.1, 0.15) is 40.0 Å². The molecule has 0 aromatic carbocycles. The SMILES string of the molecule is CC1CCCC(C)N1C(=O)NCC(C)(O)C(=O)O. The Morgan fingerprint density at radius 2 is 1.83 bits per heavy atom. The Kier molecular flexibility index (Phi) is 4.56. The molecule has 3 unspecified atom stereocenters. The zero-order valence-corrected chi connectivity index (χ0v) is 11.1. The molecule has 2 amide bonds. The second-order valence-electron chi connectivity index (χ2n) is 5.27. The number of carbonyl (C=O) groups is 2. The van der Waals surface area contributed by atoms with Crippen molar-refractivity contribution in [2.75, 3.05) is 6.54 Å². The number of carboxylic acid groups (broad SMARTS) is 1. The second kappa shape index (κ2) is 5.56. The highest BCUT2D eigenvalue weighted by atomic mass is 16.4. The molecule has 18 heavy (non-hydrogen) atoms. The minimum atomic E-state index is -1.93. The highest BCUT2D eigenvalue weighted by Crippen LogP contribution is 2.22. The minimum absolute atomic E-state index is 0.142. The highest BCUT2D eigenvalue weighted by Gasteiger charge is 2.33. The van der Waals surface area contributed by atoms with E-state index in [9.17, 15) is 14.7 Å². The van der Waals surface area contributed by atoms with E-state index < -0.39 is 11.6 Å². The first-order valence-electron chi connectivity index (χ1n) is 6.27. The van der Waals surface area contributed by atoms with Crippen molar-refractivity contribution in [2.24, 2.45) is 0 Å². The first-order valence-corrected chi connectivity index (χ1v) is 6.27. The molecule has 6 heteroatoms. The van der Waals surface area contributed by atoms with E-state index in [1.807, 2.05) is 13.8 Å². The standard InChI is InChI=1S/C12H22N2O4/c1-8-5-4-6-9(2)14(8)11(17)13-7-12(3,18)10(15)16/h8-9,18H,4-7H2,1-3H3,(H,13,17)(H,15,16). The van der Waals surface area contributed by atoms with E-state index >= 15 is 0 Å². The van der Waals surface area contributed by atoms with Gasteiger partial charge in [-0.2, -0.15) is 0 Å². The Hall–Kier alpha value is -1.30. The van der Waals surface area contributed by atoms with Crippen LogP contribution in [0.4, 0.5) is 4.79 Å². The van der Waals surface area contributed by atoms with Gasteiger partial charge in [-0.05, 0) is 40.0 Å². The summed E-state index contributed by atoms with van der Waals surface area (Å²) in [4.78, 5) is 24.4. The number of carboxylic acids is 1. The third kappa shape index (κ3) is 3.35. The van der Waals surface area contributed by atoms with Gasteiger partial charge in [0.25, 0.3) is 0 Å². The van der Waals surface area contributed by atoms with Crippen molar-refractivity contribution in [1.82, 2.24) is 10.2 Å². The average Bonchev–Trinajstić information content (AvgIpc) is 2.26. The highest BCUT2D eigenvalue weighted by molar-refractivity contribution is 5.79. The van der Waals surface area contributed by atoms with E-state index in [1.54, 1.807) is 4.90 Å². The minimum Gasteiger partial charge on any atom is -0.479 e. The van der Waals surface area contributed by atoms with Gasteiger partial charge < -0.3 is 20.4 Å². The molecular formula is C12H22N2O4. The number of amides is 2. The van der Waals surface area contributed by atoms with Crippen LogP contribution in [0, 0.1) is 0 Å². The van der Waals surface area contributed by atoms with Gasteiger partial charge in [0.2, 0.25) is 0 Å². The number of aliphatic hydroxyl groups is 1. The molecule has 0 saturated carbocycles. The number of urea groups is 1. The fourth-order valence-corrected chi connectivity index (χ4v) is 2.24. The van der Waals surface area contributed by atoms with Gasteiger partial charge >= 0.3 is 12.0 Å². The topological polar surface area (TPSA) is 89.9 Å². The maximum atomic E-state index is 12.0. The van der Waals surface area contributed by atoms with Crippen molar-refractivity contribution in [3.05, 3.63) is 0 Å². The van der Waals surface area contributed by atoms with E-state index in [-0.39, 0.29) is 24.7 Å². The summed E-state index contributed by atoms with van der Waals surface area (Å²) in [6.45, 7) is 4.82. The van der Waals surface area contributed by atoms with Crippen LogP contribution in [0.15, 0.2) is 0 Å². The van der Waals surface area contributed by atoms with Crippen LogP contribution in [-0.2, 0) is 4.79 Å². The normalized spacial score (nSPS) is 27.4. The summed E-state index contributed by atoms with van der Waals surface area (Å²) in [6, 6.07) is -0.0247. The molecule has 0 bridgehead atoms. The van der Waals surface area contributed by atoms with E-state index in [0.717, 1.165) is 19.3 Å². The van der Waals surface area contributed by atoms with Crippen molar-refractivity contribution in [1.29, 1.82) is 0 Å². The number of likely N-dealkylation sites (tertiary alicyclic amines) is 1. The van der Waals surface area contributed by atoms with Crippen molar-refractivity contribution in [2.45, 2.75) is 57.7 Å². The molecule has 0 aliphatic carbocycles. The molecule has 1 aliphatic heterocycles. The second-order valence-corrected chi connectivity index (χ2v) is 5.27. The Balaban J connectivity index is 2.57.